The van der Waals surface area contributed by atoms with Crippen LogP contribution in [0, 0.1) is 17.6 Å². The fourth-order valence-electron chi connectivity index (χ4n) is 3.10. The number of rotatable bonds is 5. The average Bonchev–Trinajstić information content (AvgIpc) is 2.63. The highest BCUT2D eigenvalue weighted by Gasteiger charge is 2.32. The lowest BCUT2D eigenvalue weighted by molar-refractivity contribution is -0.120. The molecule has 27 heavy (non-hydrogen) atoms. The van der Waals surface area contributed by atoms with Gasteiger partial charge in [0.15, 0.2) is 0 Å². The molecule has 0 bridgehead atoms. The quantitative estimate of drug-likeness (QED) is 0.847. The predicted octanol–water partition coefficient (Wildman–Crippen LogP) is 3.15. The number of hydrogen-bond acceptors (Lipinski definition) is 3. The van der Waals surface area contributed by atoms with E-state index >= 15 is 0 Å². The highest BCUT2D eigenvalue weighted by Crippen LogP contribution is 2.23. The van der Waals surface area contributed by atoms with Gasteiger partial charge in [0.2, 0.25) is 15.9 Å². The van der Waals surface area contributed by atoms with Crippen molar-refractivity contribution in [3.8, 4) is 0 Å². The summed E-state index contributed by atoms with van der Waals surface area (Å²) in [6, 6.07) is 10.9. The standard InChI is InChI=1S/C19H20F2N2O3S/c20-16-8-6-14(7-9-16)13-27(25,26)23-10-2-3-15(12-23)19(24)22-18-5-1-4-17(21)11-18/h1,4-9,11,15H,2-3,10,12-13H2,(H,22,24). The van der Waals surface area contributed by atoms with Crippen molar-refractivity contribution in [2.45, 2.75) is 18.6 Å². The number of hydrogen-bond donors (Lipinski definition) is 1. The SMILES string of the molecule is O=C(Nc1cccc(F)c1)C1CCCN(S(=O)(=O)Cc2ccc(F)cc2)C1. The largest absolute Gasteiger partial charge is 0.326 e. The van der Waals surface area contributed by atoms with E-state index in [1.165, 1.54) is 46.8 Å². The third-order valence-corrected chi connectivity index (χ3v) is 6.32. The normalized spacial score (nSPS) is 18.2. The average molecular weight is 394 g/mol. The van der Waals surface area contributed by atoms with Gasteiger partial charge in [-0.15, -0.1) is 0 Å². The highest BCUT2D eigenvalue weighted by atomic mass is 32.2. The van der Waals surface area contributed by atoms with E-state index in [0.29, 0.717) is 30.6 Å². The number of piperidine rings is 1. The molecule has 1 amide bonds. The zero-order valence-corrected chi connectivity index (χ0v) is 15.4. The Labute approximate surface area is 157 Å². The number of halogens is 2. The monoisotopic (exact) mass is 394 g/mol. The van der Waals surface area contributed by atoms with E-state index < -0.39 is 27.6 Å². The fourth-order valence-corrected chi connectivity index (χ4v) is 4.71. The zero-order chi connectivity index (χ0) is 19.4. The van der Waals surface area contributed by atoms with Crippen LogP contribution in [0.15, 0.2) is 48.5 Å². The maximum atomic E-state index is 13.2. The smallest absolute Gasteiger partial charge is 0.228 e. The molecule has 1 heterocycles. The first-order valence-corrected chi connectivity index (χ1v) is 10.2. The Kier molecular flexibility index (Phi) is 5.86. The van der Waals surface area contributed by atoms with Gasteiger partial charge in [0, 0.05) is 18.8 Å². The molecule has 1 fully saturated rings. The van der Waals surface area contributed by atoms with E-state index in [9.17, 15) is 22.0 Å². The molecular weight excluding hydrogens is 374 g/mol. The maximum absolute atomic E-state index is 13.2. The molecule has 8 heteroatoms. The lowest BCUT2D eigenvalue weighted by atomic mass is 9.99. The van der Waals surface area contributed by atoms with Crippen molar-refractivity contribution in [2.24, 2.45) is 5.92 Å². The molecule has 1 atom stereocenters. The first kappa shape index (κ1) is 19.4. The van der Waals surface area contributed by atoms with Gasteiger partial charge in [-0.25, -0.2) is 21.5 Å². The Morgan fingerprint density at radius 3 is 2.56 bits per heavy atom. The van der Waals surface area contributed by atoms with Crippen LogP contribution in [0.25, 0.3) is 0 Å². The van der Waals surface area contributed by atoms with Gasteiger partial charge < -0.3 is 5.32 Å². The third-order valence-electron chi connectivity index (χ3n) is 4.50. The molecule has 1 aliphatic rings. The number of sulfonamides is 1. The van der Waals surface area contributed by atoms with Crippen molar-refractivity contribution in [2.75, 3.05) is 18.4 Å². The number of nitrogens with zero attached hydrogens (tertiary/aromatic N) is 1. The van der Waals surface area contributed by atoms with Gasteiger partial charge in [0.05, 0.1) is 11.7 Å². The molecule has 1 unspecified atom stereocenters. The highest BCUT2D eigenvalue weighted by molar-refractivity contribution is 7.88. The van der Waals surface area contributed by atoms with E-state index in [0.717, 1.165) is 0 Å². The van der Waals surface area contributed by atoms with Gasteiger partial charge in [-0.1, -0.05) is 18.2 Å². The molecule has 144 valence electrons. The van der Waals surface area contributed by atoms with Crippen molar-refractivity contribution in [3.05, 3.63) is 65.7 Å². The summed E-state index contributed by atoms with van der Waals surface area (Å²) in [4.78, 5) is 12.5. The summed E-state index contributed by atoms with van der Waals surface area (Å²) in [7, 11) is -3.62. The number of benzene rings is 2. The van der Waals surface area contributed by atoms with E-state index in [-0.39, 0.29) is 18.2 Å². The molecule has 0 radical (unpaired) electrons. The van der Waals surface area contributed by atoms with E-state index in [1.807, 2.05) is 0 Å². The van der Waals surface area contributed by atoms with Crippen molar-refractivity contribution < 1.29 is 22.0 Å². The van der Waals surface area contributed by atoms with E-state index in [1.54, 1.807) is 6.07 Å². The molecule has 1 saturated heterocycles. The van der Waals surface area contributed by atoms with Gasteiger partial charge in [0.1, 0.15) is 11.6 Å². The molecule has 5 nitrogen and oxygen atoms in total. The molecule has 0 spiro atoms. The Bertz CT molecular complexity index is 917. The summed E-state index contributed by atoms with van der Waals surface area (Å²) in [5.41, 5.74) is 0.828. The van der Waals surface area contributed by atoms with Crippen LogP contribution in [0.4, 0.5) is 14.5 Å². The van der Waals surface area contributed by atoms with Crippen LogP contribution in [0.5, 0.6) is 0 Å². The second-order valence-corrected chi connectivity index (χ2v) is 8.55. The van der Waals surface area contributed by atoms with E-state index in [2.05, 4.69) is 5.32 Å². The van der Waals surface area contributed by atoms with Crippen LogP contribution in [0.1, 0.15) is 18.4 Å². The first-order chi connectivity index (χ1) is 12.8. The van der Waals surface area contributed by atoms with Gasteiger partial charge in [-0.2, -0.15) is 0 Å². The second kappa shape index (κ2) is 8.14. The number of nitrogens with one attached hydrogen (secondary N) is 1. The van der Waals surface area contributed by atoms with Crippen molar-refractivity contribution >= 4 is 21.6 Å². The van der Waals surface area contributed by atoms with Crippen molar-refractivity contribution in [1.29, 1.82) is 0 Å². The molecule has 2 aromatic rings. The van der Waals surface area contributed by atoms with Crippen LogP contribution in [0.3, 0.4) is 0 Å². The van der Waals surface area contributed by atoms with Crippen LogP contribution >= 0.6 is 0 Å². The first-order valence-electron chi connectivity index (χ1n) is 8.62. The Morgan fingerprint density at radius 1 is 1.11 bits per heavy atom. The minimum Gasteiger partial charge on any atom is -0.326 e. The molecule has 2 aromatic carbocycles. The lowest BCUT2D eigenvalue weighted by Crippen LogP contribution is -2.44. The maximum Gasteiger partial charge on any atom is 0.228 e. The Balaban J connectivity index is 1.65. The summed E-state index contributed by atoms with van der Waals surface area (Å²) < 4.78 is 52.9. The van der Waals surface area contributed by atoms with Gasteiger partial charge in [-0.05, 0) is 48.7 Å². The van der Waals surface area contributed by atoms with Crippen LogP contribution in [-0.4, -0.2) is 31.7 Å². The molecule has 1 aliphatic heterocycles. The van der Waals surface area contributed by atoms with Gasteiger partial charge in [-0.3, -0.25) is 4.79 Å². The van der Waals surface area contributed by atoms with E-state index in [4.69, 9.17) is 0 Å². The number of anilines is 1. The molecular formula is C19H20F2N2O3S. The second-order valence-electron chi connectivity index (χ2n) is 6.58. The van der Waals surface area contributed by atoms with Crippen LogP contribution in [-0.2, 0) is 20.6 Å². The lowest BCUT2D eigenvalue weighted by Gasteiger charge is -2.31. The Hall–Kier alpha value is -2.32. The minimum atomic E-state index is -3.62. The summed E-state index contributed by atoms with van der Waals surface area (Å²) >= 11 is 0. The Morgan fingerprint density at radius 2 is 1.85 bits per heavy atom. The molecule has 3 rings (SSSR count). The summed E-state index contributed by atoms with van der Waals surface area (Å²) in [6.45, 7) is 0.415. The summed E-state index contributed by atoms with van der Waals surface area (Å²) in [6.07, 6.45) is 1.12. The molecule has 1 N–H and O–H groups in total. The minimum absolute atomic E-state index is 0.0741. The van der Waals surface area contributed by atoms with Crippen LogP contribution in [0.2, 0.25) is 0 Å². The molecule has 0 saturated carbocycles. The van der Waals surface area contributed by atoms with Gasteiger partial charge >= 0.3 is 0 Å². The van der Waals surface area contributed by atoms with Crippen LogP contribution < -0.4 is 5.32 Å². The van der Waals surface area contributed by atoms with Gasteiger partial charge in [0.25, 0.3) is 0 Å². The summed E-state index contributed by atoms with van der Waals surface area (Å²) in [5.74, 6) is -1.97. The van der Waals surface area contributed by atoms with Crippen molar-refractivity contribution in [3.63, 3.8) is 0 Å². The molecule has 0 aromatic heterocycles. The number of carbonyl (C=O) groups excluding carboxylic acids is 1. The number of amides is 1. The zero-order valence-electron chi connectivity index (χ0n) is 14.6. The number of carbonyl (C=O) groups is 1. The topological polar surface area (TPSA) is 66.5 Å². The third kappa shape index (κ3) is 5.11. The summed E-state index contributed by atoms with van der Waals surface area (Å²) in [5, 5.41) is 2.64. The molecule has 0 aliphatic carbocycles. The predicted molar refractivity (Wildman–Crippen MR) is 98.4 cm³/mol. The fraction of sp³-hybridized carbons (Fsp3) is 0.316. The van der Waals surface area contributed by atoms with Crippen molar-refractivity contribution in [1.82, 2.24) is 4.31 Å².